The van der Waals surface area contributed by atoms with E-state index in [-0.39, 0.29) is 0 Å². The van der Waals surface area contributed by atoms with Crippen LogP contribution in [0.1, 0.15) is 5.56 Å². The molecule has 0 unspecified atom stereocenters. The highest BCUT2D eigenvalue weighted by Crippen LogP contribution is 2.25. The molecule has 0 bridgehead atoms. The van der Waals surface area contributed by atoms with E-state index in [1.807, 2.05) is 24.5 Å². The van der Waals surface area contributed by atoms with Crippen molar-refractivity contribution >= 4 is 23.0 Å². The lowest BCUT2D eigenvalue weighted by molar-refractivity contribution is 1.24. The number of benzene rings is 2. The van der Waals surface area contributed by atoms with Crippen molar-refractivity contribution in [2.45, 2.75) is 11.8 Å². The monoisotopic (exact) mass is 240 g/mol. The molecule has 3 aromatic rings. The number of fused-ring (bicyclic) bond motifs is 1. The predicted octanol–water partition coefficient (Wildman–Crippen LogP) is 3.90. The van der Waals surface area contributed by atoms with Crippen molar-refractivity contribution in [2.75, 3.05) is 0 Å². The highest BCUT2D eigenvalue weighted by molar-refractivity contribution is 7.98. The number of hydrogen-bond acceptors (Lipinski definition) is 2. The summed E-state index contributed by atoms with van der Waals surface area (Å²) in [7, 11) is 0. The second kappa shape index (κ2) is 4.26. The van der Waals surface area contributed by atoms with Crippen LogP contribution in [0.3, 0.4) is 0 Å². The van der Waals surface area contributed by atoms with Crippen LogP contribution in [-0.4, -0.2) is 8.96 Å². The number of aryl methyl sites for hydroxylation is 1. The van der Waals surface area contributed by atoms with Crippen molar-refractivity contribution in [1.29, 1.82) is 0 Å². The van der Waals surface area contributed by atoms with Crippen molar-refractivity contribution in [2.24, 2.45) is 0 Å². The highest BCUT2D eigenvalue weighted by Gasteiger charge is 2.03. The minimum atomic E-state index is 1.03. The average Bonchev–Trinajstić information content (AvgIpc) is 2.73. The molecule has 84 valence electrons. The molecule has 0 aliphatic heterocycles. The van der Waals surface area contributed by atoms with E-state index in [0.29, 0.717) is 0 Å². The van der Waals surface area contributed by atoms with Gasteiger partial charge in [0.25, 0.3) is 0 Å². The molecular formula is C14H12N2S. The number of imidazole rings is 1. The summed E-state index contributed by atoms with van der Waals surface area (Å²) in [4.78, 5) is 5.61. The maximum Gasteiger partial charge on any atom is 0.106 e. The van der Waals surface area contributed by atoms with Crippen LogP contribution in [0.5, 0.6) is 0 Å². The minimum absolute atomic E-state index is 1.03. The van der Waals surface area contributed by atoms with Crippen molar-refractivity contribution in [3.8, 4) is 0 Å². The summed E-state index contributed by atoms with van der Waals surface area (Å²) in [6.07, 6.45) is 1.87. The first-order valence-corrected chi connectivity index (χ1v) is 6.27. The Kier molecular flexibility index (Phi) is 2.61. The van der Waals surface area contributed by atoms with E-state index in [9.17, 15) is 0 Å². The molecule has 2 nitrogen and oxygen atoms in total. The normalized spacial score (nSPS) is 10.9. The summed E-state index contributed by atoms with van der Waals surface area (Å²) in [5, 5.41) is 0. The van der Waals surface area contributed by atoms with E-state index < -0.39 is 0 Å². The second-order valence-electron chi connectivity index (χ2n) is 3.97. The van der Waals surface area contributed by atoms with Gasteiger partial charge in [-0.1, -0.05) is 24.3 Å². The van der Waals surface area contributed by atoms with E-state index in [0.717, 1.165) is 11.0 Å². The number of hydrogen-bond donors (Lipinski definition) is 0. The molecule has 0 amide bonds. The molecule has 0 saturated carbocycles. The molecule has 1 aromatic heterocycles. The van der Waals surface area contributed by atoms with Crippen molar-refractivity contribution in [3.63, 3.8) is 0 Å². The lowest BCUT2D eigenvalue weighted by Crippen LogP contribution is -1.84. The Bertz CT molecular complexity index is 658. The Morgan fingerprint density at radius 2 is 1.94 bits per heavy atom. The Morgan fingerprint density at radius 3 is 2.82 bits per heavy atom. The number of nitrogens with zero attached hydrogens (tertiary/aromatic N) is 2. The van der Waals surface area contributed by atoms with Gasteiger partial charge < -0.3 is 0 Å². The van der Waals surface area contributed by atoms with Crippen molar-refractivity contribution < 1.29 is 0 Å². The molecule has 3 rings (SSSR count). The van der Waals surface area contributed by atoms with Crippen LogP contribution in [0.15, 0.2) is 59.8 Å². The third kappa shape index (κ3) is 2.06. The zero-order valence-corrected chi connectivity index (χ0v) is 10.3. The van der Waals surface area contributed by atoms with Gasteiger partial charge in [0.05, 0.1) is 11.0 Å². The van der Waals surface area contributed by atoms with Gasteiger partial charge in [-0.05, 0) is 48.7 Å². The summed E-state index contributed by atoms with van der Waals surface area (Å²) in [6, 6.07) is 16.7. The first-order valence-electron chi connectivity index (χ1n) is 5.50. The molecule has 0 atom stereocenters. The fraction of sp³-hybridized carbons (Fsp3) is 0.0714. The third-order valence-corrected chi connectivity index (χ3v) is 3.57. The number of rotatable bonds is 2. The topological polar surface area (TPSA) is 17.8 Å². The molecule has 0 aliphatic rings. The van der Waals surface area contributed by atoms with E-state index in [1.165, 1.54) is 10.5 Å². The maximum absolute atomic E-state index is 4.38. The molecule has 0 radical (unpaired) electrons. The fourth-order valence-electron chi connectivity index (χ4n) is 1.79. The number of para-hydroxylation sites is 2. The molecule has 1 heterocycles. The smallest absolute Gasteiger partial charge is 0.106 e. The van der Waals surface area contributed by atoms with Gasteiger partial charge in [-0.25, -0.2) is 4.98 Å². The predicted molar refractivity (Wildman–Crippen MR) is 72.2 cm³/mol. The minimum Gasteiger partial charge on any atom is -0.268 e. The van der Waals surface area contributed by atoms with Gasteiger partial charge in [-0.3, -0.25) is 3.97 Å². The fourth-order valence-corrected chi connectivity index (χ4v) is 2.75. The first-order chi connectivity index (χ1) is 8.33. The van der Waals surface area contributed by atoms with Gasteiger partial charge in [-0.15, -0.1) is 0 Å². The molecule has 0 saturated heterocycles. The Morgan fingerprint density at radius 1 is 1.06 bits per heavy atom. The quantitative estimate of drug-likeness (QED) is 0.676. The van der Waals surface area contributed by atoms with Gasteiger partial charge >= 0.3 is 0 Å². The van der Waals surface area contributed by atoms with Crippen LogP contribution in [0.4, 0.5) is 0 Å². The van der Waals surface area contributed by atoms with Crippen LogP contribution in [0.2, 0.25) is 0 Å². The molecule has 0 spiro atoms. The lowest BCUT2D eigenvalue weighted by Gasteiger charge is -2.03. The number of aromatic nitrogens is 2. The van der Waals surface area contributed by atoms with Crippen LogP contribution >= 0.6 is 11.9 Å². The van der Waals surface area contributed by atoms with Gasteiger partial charge in [0.1, 0.15) is 6.33 Å². The highest BCUT2D eigenvalue weighted by atomic mass is 32.2. The molecule has 0 N–H and O–H groups in total. The SMILES string of the molecule is Cc1cccc(Sn2cnc3ccccc32)c1. The van der Waals surface area contributed by atoms with Gasteiger partial charge in [0.2, 0.25) is 0 Å². The van der Waals surface area contributed by atoms with Gasteiger partial charge in [0, 0.05) is 4.90 Å². The Hall–Kier alpha value is -1.74. The van der Waals surface area contributed by atoms with E-state index in [1.54, 1.807) is 11.9 Å². The van der Waals surface area contributed by atoms with E-state index in [2.05, 4.69) is 46.2 Å². The van der Waals surface area contributed by atoms with Gasteiger partial charge in [-0.2, -0.15) is 0 Å². The summed E-state index contributed by atoms with van der Waals surface area (Å²) in [6.45, 7) is 2.11. The van der Waals surface area contributed by atoms with Crippen molar-refractivity contribution in [3.05, 3.63) is 60.4 Å². The summed E-state index contributed by atoms with van der Waals surface area (Å²) < 4.78 is 2.10. The molecule has 2 aromatic carbocycles. The van der Waals surface area contributed by atoms with E-state index in [4.69, 9.17) is 0 Å². The maximum atomic E-state index is 4.38. The third-order valence-electron chi connectivity index (χ3n) is 2.61. The first kappa shape index (κ1) is 10.4. The Balaban J connectivity index is 2.00. The van der Waals surface area contributed by atoms with Crippen LogP contribution in [-0.2, 0) is 0 Å². The van der Waals surface area contributed by atoms with E-state index >= 15 is 0 Å². The average molecular weight is 240 g/mol. The summed E-state index contributed by atoms with van der Waals surface area (Å²) in [5.41, 5.74) is 3.46. The van der Waals surface area contributed by atoms with Crippen LogP contribution < -0.4 is 0 Å². The summed E-state index contributed by atoms with van der Waals surface area (Å²) in [5.74, 6) is 0. The zero-order chi connectivity index (χ0) is 11.7. The standard InChI is InChI=1S/C14H12N2S/c1-11-5-4-6-12(9-11)17-16-10-15-13-7-2-3-8-14(13)16/h2-10H,1H3. The second-order valence-corrected chi connectivity index (χ2v) is 5.01. The molecule has 0 fully saturated rings. The summed E-state index contributed by atoms with van der Waals surface area (Å²) >= 11 is 1.69. The lowest BCUT2D eigenvalue weighted by atomic mass is 10.2. The van der Waals surface area contributed by atoms with Crippen LogP contribution in [0, 0.1) is 6.92 Å². The Labute approximate surface area is 104 Å². The van der Waals surface area contributed by atoms with Gasteiger partial charge in [0.15, 0.2) is 0 Å². The largest absolute Gasteiger partial charge is 0.268 e. The molecule has 17 heavy (non-hydrogen) atoms. The molecular weight excluding hydrogens is 228 g/mol. The van der Waals surface area contributed by atoms with Crippen LogP contribution in [0.25, 0.3) is 11.0 Å². The molecule has 3 heteroatoms. The zero-order valence-electron chi connectivity index (χ0n) is 9.50. The molecule has 0 aliphatic carbocycles. The van der Waals surface area contributed by atoms with Crippen molar-refractivity contribution in [1.82, 2.24) is 8.96 Å².